The Morgan fingerprint density at radius 3 is 3.17 bits per heavy atom. The van der Waals surface area contributed by atoms with Crippen LogP contribution in [0.3, 0.4) is 0 Å². The molecule has 1 saturated heterocycles. The maximum absolute atomic E-state index is 13.0. The zero-order valence-corrected chi connectivity index (χ0v) is 10.9. The van der Waals surface area contributed by atoms with Crippen LogP contribution in [0.1, 0.15) is 16.8 Å². The number of hydrogen-bond donors (Lipinski definition) is 1. The van der Waals surface area contributed by atoms with Crippen LogP contribution < -0.4 is 5.32 Å². The summed E-state index contributed by atoms with van der Waals surface area (Å²) >= 11 is 5.76. The molecule has 0 aromatic carbocycles. The van der Waals surface area contributed by atoms with E-state index in [4.69, 9.17) is 11.6 Å². The summed E-state index contributed by atoms with van der Waals surface area (Å²) < 4.78 is 13.0. The van der Waals surface area contributed by atoms with Gasteiger partial charge in [-0.05, 0) is 32.0 Å². The molecular weight excluding hydrogens is 257 g/mol. The lowest BCUT2D eigenvalue weighted by Gasteiger charge is -2.12. The summed E-state index contributed by atoms with van der Waals surface area (Å²) in [5, 5.41) is 2.80. The Bertz CT molecular complexity index is 455. The normalized spacial score (nSPS) is 20.1. The molecule has 98 valence electrons. The Kier molecular flexibility index (Phi) is 4.14. The van der Waals surface area contributed by atoms with Crippen molar-refractivity contribution in [2.45, 2.75) is 6.42 Å². The molecule has 0 spiro atoms. The Labute approximate surface area is 110 Å². The van der Waals surface area contributed by atoms with Crippen LogP contribution in [0.2, 0.25) is 5.15 Å². The first-order valence-corrected chi connectivity index (χ1v) is 6.22. The third-order valence-electron chi connectivity index (χ3n) is 3.09. The molecule has 0 radical (unpaired) electrons. The molecule has 1 aromatic rings. The maximum Gasteiger partial charge on any atom is 0.254 e. The summed E-state index contributed by atoms with van der Waals surface area (Å²) in [5.41, 5.74) is 0.0861. The minimum absolute atomic E-state index is 0.0254. The summed E-state index contributed by atoms with van der Waals surface area (Å²) in [7, 11) is 2.05. The first-order valence-electron chi connectivity index (χ1n) is 5.84. The van der Waals surface area contributed by atoms with E-state index in [0.717, 1.165) is 31.8 Å². The molecule has 0 aliphatic carbocycles. The molecule has 2 rings (SSSR count). The second kappa shape index (κ2) is 5.63. The molecule has 1 N–H and O–H groups in total. The van der Waals surface area contributed by atoms with E-state index in [2.05, 4.69) is 22.2 Å². The summed E-state index contributed by atoms with van der Waals surface area (Å²) in [5.74, 6) is -0.494. The van der Waals surface area contributed by atoms with Gasteiger partial charge in [0.15, 0.2) is 0 Å². The SMILES string of the molecule is CN1CCC(CNC(=O)c2cc(F)cnc2Cl)C1. The number of pyridine rings is 1. The molecule has 1 aliphatic rings. The molecule has 1 amide bonds. The maximum atomic E-state index is 13.0. The molecule has 4 nitrogen and oxygen atoms in total. The average Bonchev–Trinajstić information content (AvgIpc) is 2.75. The Morgan fingerprint density at radius 1 is 1.72 bits per heavy atom. The van der Waals surface area contributed by atoms with E-state index in [9.17, 15) is 9.18 Å². The van der Waals surface area contributed by atoms with Crippen LogP contribution in [-0.4, -0.2) is 42.5 Å². The van der Waals surface area contributed by atoms with E-state index in [-0.39, 0.29) is 16.6 Å². The molecule has 1 aromatic heterocycles. The van der Waals surface area contributed by atoms with E-state index in [1.807, 2.05) is 0 Å². The van der Waals surface area contributed by atoms with Crippen molar-refractivity contribution in [3.63, 3.8) is 0 Å². The molecular formula is C12H15ClFN3O. The van der Waals surface area contributed by atoms with E-state index in [1.54, 1.807) is 0 Å². The van der Waals surface area contributed by atoms with Crippen LogP contribution in [0.15, 0.2) is 12.3 Å². The van der Waals surface area contributed by atoms with Crippen molar-refractivity contribution in [3.05, 3.63) is 28.8 Å². The number of aromatic nitrogens is 1. The standard InChI is InChI=1S/C12H15ClFN3O/c1-17-3-2-8(7-17)5-16-12(18)10-4-9(14)6-15-11(10)13/h4,6,8H,2-3,5,7H2,1H3,(H,16,18). The van der Waals surface area contributed by atoms with E-state index in [1.165, 1.54) is 0 Å². The van der Waals surface area contributed by atoms with Gasteiger partial charge in [0.05, 0.1) is 11.8 Å². The lowest BCUT2D eigenvalue weighted by molar-refractivity contribution is 0.0947. The van der Waals surface area contributed by atoms with Crippen molar-refractivity contribution < 1.29 is 9.18 Å². The van der Waals surface area contributed by atoms with Gasteiger partial charge in [0.1, 0.15) is 11.0 Å². The van der Waals surface area contributed by atoms with Gasteiger partial charge < -0.3 is 10.2 Å². The van der Waals surface area contributed by atoms with Crippen LogP contribution in [0.4, 0.5) is 4.39 Å². The molecule has 1 unspecified atom stereocenters. The number of halogens is 2. The summed E-state index contributed by atoms with van der Waals surface area (Å²) in [6, 6.07) is 1.10. The first kappa shape index (κ1) is 13.2. The topological polar surface area (TPSA) is 45.2 Å². The van der Waals surface area contributed by atoms with Crippen LogP contribution in [0, 0.1) is 11.7 Å². The van der Waals surface area contributed by atoms with Gasteiger partial charge in [0.25, 0.3) is 5.91 Å². The van der Waals surface area contributed by atoms with Gasteiger partial charge in [-0.2, -0.15) is 0 Å². The number of carbonyl (C=O) groups excluding carboxylic acids is 1. The van der Waals surface area contributed by atoms with Crippen molar-refractivity contribution in [2.24, 2.45) is 5.92 Å². The number of hydrogen-bond acceptors (Lipinski definition) is 3. The van der Waals surface area contributed by atoms with Gasteiger partial charge in [-0.3, -0.25) is 4.79 Å². The van der Waals surface area contributed by atoms with Crippen molar-refractivity contribution in [1.82, 2.24) is 15.2 Å². The highest BCUT2D eigenvalue weighted by atomic mass is 35.5. The quantitative estimate of drug-likeness (QED) is 0.849. The second-order valence-corrected chi connectivity index (χ2v) is 4.98. The van der Waals surface area contributed by atoms with Crippen molar-refractivity contribution in [1.29, 1.82) is 0 Å². The van der Waals surface area contributed by atoms with Gasteiger partial charge in [-0.1, -0.05) is 11.6 Å². The van der Waals surface area contributed by atoms with Crippen LogP contribution in [-0.2, 0) is 0 Å². The van der Waals surface area contributed by atoms with E-state index < -0.39 is 5.82 Å². The number of carbonyl (C=O) groups is 1. The molecule has 0 bridgehead atoms. The number of nitrogens with one attached hydrogen (secondary N) is 1. The first-order chi connectivity index (χ1) is 8.56. The average molecular weight is 272 g/mol. The van der Waals surface area contributed by atoms with Crippen molar-refractivity contribution >= 4 is 17.5 Å². The van der Waals surface area contributed by atoms with Gasteiger partial charge in [-0.25, -0.2) is 9.37 Å². The van der Waals surface area contributed by atoms with Gasteiger partial charge in [0, 0.05) is 13.1 Å². The largest absolute Gasteiger partial charge is 0.352 e. The van der Waals surface area contributed by atoms with Gasteiger partial charge >= 0.3 is 0 Å². The van der Waals surface area contributed by atoms with Crippen LogP contribution >= 0.6 is 11.6 Å². The Balaban J connectivity index is 1.93. The fraction of sp³-hybridized carbons (Fsp3) is 0.500. The number of amides is 1. The summed E-state index contributed by atoms with van der Waals surface area (Å²) in [4.78, 5) is 17.7. The van der Waals surface area contributed by atoms with Crippen LogP contribution in [0.5, 0.6) is 0 Å². The van der Waals surface area contributed by atoms with Gasteiger partial charge in [0.2, 0.25) is 0 Å². The fourth-order valence-corrected chi connectivity index (χ4v) is 2.30. The van der Waals surface area contributed by atoms with Gasteiger partial charge in [-0.15, -0.1) is 0 Å². The molecule has 6 heteroatoms. The number of likely N-dealkylation sites (tertiary alicyclic amines) is 1. The summed E-state index contributed by atoms with van der Waals surface area (Å²) in [6.45, 7) is 2.59. The summed E-state index contributed by atoms with van der Waals surface area (Å²) in [6.07, 6.45) is 2.05. The minimum atomic E-state index is -0.565. The number of nitrogens with zero attached hydrogens (tertiary/aromatic N) is 2. The minimum Gasteiger partial charge on any atom is -0.352 e. The highest BCUT2D eigenvalue weighted by Gasteiger charge is 2.20. The molecule has 1 atom stereocenters. The fourth-order valence-electron chi connectivity index (χ4n) is 2.11. The lowest BCUT2D eigenvalue weighted by Crippen LogP contribution is -2.30. The Morgan fingerprint density at radius 2 is 2.50 bits per heavy atom. The highest BCUT2D eigenvalue weighted by Crippen LogP contribution is 2.15. The van der Waals surface area contributed by atoms with E-state index >= 15 is 0 Å². The van der Waals surface area contributed by atoms with Crippen LogP contribution in [0.25, 0.3) is 0 Å². The molecule has 0 saturated carbocycles. The second-order valence-electron chi connectivity index (χ2n) is 4.62. The number of rotatable bonds is 3. The molecule has 1 aliphatic heterocycles. The van der Waals surface area contributed by atoms with Crippen molar-refractivity contribution in [2.75, 3.05) is 26.7 Å². The molecule has 2 heterocycles. The monoisotopic (exact) mass is 271 g/mol. The zero-order chi connectivity index (χ0) is 13.1. The molecule has 18 heavy (non-hydrogen) atoms. The molecule has 1 fully saturated rings. The third kappa shape index (κ3) is 3.17. The highest BCUT2D eigenvalue weighted by molar-refractivity contribution is 6.32. The predicted octanol–water partition coefficient (Wildman–Crippen LogP) is 1.56. The van der Waals surface area contributed by atoms with Crippen molar-refractivity contribution in [3.8, 4) is 0 Å². The lowest BCUT2D eigenvalue weighted by atomic mass is 10.1. The predicted molar refractivity (Wildman–Crippen MR) is 67.1 cm³/mol. The Hall–Kier alpha value is -1.20. The van der Waals surface area contributed by atoms with E-state index in [0.29, 0.717) is 12.5 Å². The zero-order valence-electron chi connectivity index (χ0n) is 10.1. The smallest absolute Gasteiger partial charge is 0.254 e. The third-order valence-corrected chi connectivity index (χ3v) is 3.39.